The molecule has 1 rings (SSSR count). The van der Waals surface area contributed by atoms with E-state index in [0.717, 1.165) is 0 Å². The molecule has 0 aromatic carbocycles. The highest BCUT2D eigenvalue weighted by Gasteiger charge is 2.32. The number of likely N-dealkylation sites (tertiary alicyclic amines) is 1. The van der Waals surface area contributed by atoms with Crippen LogP contribution in [0, 0.1) is 0 Å². The number of amides is 2. The molecule has 7 nitrogen and oxygen atoms in total. The molecular weight excluding hydrogens is 262 g/mol. The van der Waals surface area contributed by atoms with Crippen LogP contribution in [0.2, 0.25) is 0 Å². The fourth-order valence-corrected chi connectivity index (χ4v) is 1.96. The van der Waals surface area contributed by atoms with Gasteiger partial charge in [0, 0.05) is 19.1 Å². The van der Waals surface area contributed by atoms with Crippen molar-refractivity contribution in [2.45, 2.75) is 51.8 Å². The van der Waals surface area contributed by atoms with Crippen molar-refractivity contribution in [1.82, 2.24) is 10.2 Å². The number of rotatable bonds is 2. The van der Waals surface area contributed by atoms with E-state index in [9.17, 15) is 9.59 Å². The van der Waals surface area contributed by atoms with Crippen LogP contribution in [0.15, 0.2) is 0 Å². The molecular formula is C13H25N3O4. The quantitative estimate of drug-likeness (QED) is 0.792. The van der Waals surface area contributed by atoms with E-state index in [1.165, 1.54) is 0 Å². The van der Waals surface area contributed by atoms with Crippen molar-refractivity contribution in [3.63, 3.8) is 0 Å². The molecule has 0 spiro atoms. The molecule has 3 N–H and O–H groups in total. The maximum absolute atomic E-state index is 11.8. The lowest BCUT2D eigenvalue weighted by molar-refractivity contribution is 0.0442. The predicted molar refractivity (Wildman–Crippen MR) is 74.3 cm³/mol. The molecule has 2 atom stereocenters. The zero-order chi connectivity index (χ0) is 15.3. The molecule has 0 aromatic heterocycles. The molecule has 2 amide bonds. The van der Waals surface area contributed by atoms with Crippen molar-refractivity contribution in [2.24, 2.45) is 5.73 Å². The summed E-state index contributed by atoms with van der Waals surface area (Å²) in [5, 5.41) is 2.72. The molecule has 116 valence electrons. The van der Waals surface area contributed by atoms with Crippen LogP contribution in [0.5, 0.6) is 0 Å². The Morgan fingerprint density at radius 3 is 2.60 bits per heavy atom. The first-order valence-electron chi connectivity index (χ1n) is 6.89. The van der Waals surface area contributed by atoms with Crippen LogP contribution in [0.3, 0.4) is 0 Å². The Balaban J connectivity index is 2.54. The van der Waals surface area contributed by atoms with Crippen LogP contribution < -0.4 is 11.1 Å². The van der Waals surface area contributed by atoms with Gasteiger partial charge in [-0.3, -0.25) is 0 Å². The average molecular weight is 287 g/mol. The first-order valence-corrected chi connectivity index (χ1v) is 6.89. The zero-order valence-corrected chi connectivity index (χ0v) is 12.6. The van der Waals surface area contributed by atoms with E-state index in [-0.39, 0.29) is 18.2 Å². The fourth-order valence-electron chi connectivity index (χ4n) is 1.96. The van der Waals surface area contributed by atoms with Crippen molar-refractivity contribution in [2.75, 3.05) is 19.7 Å². The van der Waals surface area contributed by atoms with Crippen LogP contribution in [-0.4, -0.2) is 54.5 Å². The van der Waals surface area contributed by atoms with Crippen LogP contribution in [0.4, 0.5) is 9.59 Å². The number of alkyl carbamates (subject to hydrolysis) is 1. The minimum atomic E-state index is -0.566. The maximum atomic E-state index is 11.8. The molecule has 1 aliphatic rings. The molecule has 0 saturated carbocycles. The highest BCUT2D eigenvalue weighted by Crippen LogP contribution is 2.12. The topological polar surface area (TPSA) is 93.9 Å². The second-order valence-corrected chi connectivity index (χ2v) is 5.85. The number of carbonyl (C=O) groups excluding carboxylic acids is 2. The summed E-state index contributed by atoms with van der Waals surface area (Å²) in [6.45, 7) is 8.32. The summed E-state index contributed by atoms with van der Waals surface area (Å²) in [6.07, 6.45) is -0.293. The van der Waals surface area contributed by atoms with Crippen LogP contribution in [-0.2, 0) is 9.47 Å². The van der Waals surface area contributed by atoms with E-state index in [1.54, 1.807) is 32.6 Å². The number of carbonyl (C=O) groups is 2. The number of ether oxygens (including phenoxy) is 2. The van der Waals surface area contributed by atoms with E-state index in [1.807, 2.05) is 0 Å². The van der Waals surface area contributed by atoms with Gasteiger partial charge in [0.2, 0.25) is 0 Å². The van der Waals surface area contributed by atoms with E-state index in [2.05, 4.69) is 5.32 Å². The Kier molecular flexibility index (Phi) is 5.62. The lowest BCUT2D eigenvalue weighted by Gasteiger charge is -2.36. The molecule has 7 heteroatoms. The fraction of sp³-hybridized carbons (Fsp3) is 0.846. The molecule has 1 aliphatic heterocycles. The highest BCUT2D eigenvalue weighted by atomic mass is 16.6. The van der Waals surface area contributed by atoms with Gasteiger partial charge in [0.05, 0.1) is 12.6 Å². The van der Waals surface area contributed by atoms with E-state index < -0.39 is 11.7 Å². The van der Waals surface area contributed by atoms with Crippen molar-refractivity contribution in [3.05, 3.63) is 0 Å². The molecule has 0 radical (unpaired) electrons. The standard InChI is InChI=1S/C13H25N3O4/c1-5-19-12(18)16-7-6-9(14)10(8-16)15-11(17)20-13(2,3)4/h9-10H,5-8,14H2,1-4H3,(H,15,17)/t9-,10+/m0/s1. The van der Waals surface area contributed by atoms with Gasteiger partial charge in [-0.1, -0.05) is 0 Å². The Bertz CT molecular complexity index is 354. The number of hydrogen-bond acceptors (Lipinski definition) is 5. The third kappa shape index (κ3) is 5.24. The SMILES string of the molecule is CCOC(=O)N1CC[C@H](N)[C@H](NC(=O)OC(C)(C)C)C1. The summed E-state index contributed by atoms with van der Waals surface area (Å²) in [4.78, 5) is 25.0. The lowest BCUT2D eigenvalue weighted by atomic mass is 10.0. The third-order valence-electron chi connectivity index (χ3n) is 2.89. The van der Waals surface area contributed by atoms with Crippen LogP contribution in [0.25, 0.3) is 0 Å². The van der Waals surface area contributed by atoms with Crippen LogP contribution in [0.1, 0.15) is 34.1 Å². The number of hydrogen-bond donors (Lipinski definition) is 2. The first-order chi connectivity index (χ1) is 9.23. The first kappa shape index (κ1) is 16.6. The zero-order valence-electron chi connectivity index (χ0n) is 12.6. The number of nitrogens with one attached hydrogen (secondary N) is 1. The average Bonchev–Trinajstić information content (AvgIpc) is 2.29. The van der Waals surface area contributed by atoms with Gasteiger partial charge in [-0.05, 0) is 34.1 Å². The Morgan fingerprint density at radius 2 is 2.05 bits per heavy atom. The monoisotopic (exact) mass is 287 g/mol. The second kappa shape index (κ2) is 6.78. The summed E-state index contributed by atoms with van der Waals surface area (Å²) in [5.41, 5.74) is 5.41. The molecule has 1 heterocycles. The minimum Gasteiger partial charge on any atom is -0.450 e. The van der Waals surface area contributed by atoms with Gasteiger partial charge in [0.25, 0.3) is 0 Å². The van der Waals surface area contributed by atoms with E-state index in [4.69, 9.17) is 15.2 Å². The van der Waals surface area contributed by atoms with Gasteiger partial charge in [0.15, 0.2) is 0 Å². The van der Waals surface area contributed by atoms with E-state index in [0.29, 0.717) is 26.1 Å². The summed E-state index contributed by atoms with van der Waals surface area (Å²) in [7, 11) is 0. The smallest absolute Gasteiger partial charge is 0.409 e. The second-order valence-electron chi connectivity index (χ2n) is 5.85. The Hall–Kier alpha value is -1.50. The molecule has 1 fully saturated rings. The lowest BCUT2D eigenvalue weighted by Crippen LogP contribution is -2.59. The number of nitrogens with two attached hydrogens (primary N) is 1. The van der Waals surface area contributed by atoms with Gasteiger partial charge < -0.3 is 25.4 Å². The number of nitrogens with zero attached hydrogens (tertiary/aromatic N) is 1. The molecule has 0 unspecified atom stereocenters. The highest BCUT2D eigenvalue weighted by molar-refractivity contribution is 5.70. The van der Waals surface area contributed by atoms with Gasteiger partial charge >= 0.3 is 12.2 Å². The minimum absolute atomic E-state index is 0.201. The summed E-state index contributed by atoms with van der Waals surface area (Å²) < 4.78 is 10.1. The predicted octanol–water partition coefficient (Wildman–Crippen LogP) is 1.07. The van der Waals surface area contributed by atoms with Crippen molar-refractivity contribution in [1.29, 1.82) is 0 Å². The normalized spacial score (nSPS) is 23.1. The summed E-state index contributed by atoms with van der Waals surface area (Å²) in [6, 6.07) is -0.531. The van der Waals surface area contributed by atoms with Gasteiger partial charge in [-0.25, -0.2) is 9.59 Å². The maximum Gasteiger partial charge on any atom is 0.409 e. The summed E-state index contributed by atoms with van der Waals surface area (Å²) in [5.74, 6) is 0. The van der Waals surface area contributed by atoms with Gasteiger partial charge in [-0.15, -0.1) is 0 Å². The largest absolute Gasteiger partial charge is 0.450 e. The molecule has 0 bridgehead atoms. The van der Waals surface area contributed by atoms with Crippen molar-refractivity contribution in [3.8, 4) is 0 Å². The van der Waals surface area contributed by atoms with Crippen molar-refractivity contribution < 1.29 is 19.1 Å². The molecule has 0 aliphatic carbocycles. The van der Waals surface area contributed by atoms with E-state index >= 15 is 0 Å². The molecule has 0 aromatic rings. The number of piperidine rings is 1. The van der Waals surface area contributed by atoms with Gasteiger partial charge in [0.1, 0.15) is 5.60 Å². The van der Waals surface area contributed by atoms with Crippen molar-refractivity contribution >= 4 is 12.2 Å². The van der Waals surface area contributed by atoms with Crippen LogP contribution >= 0.6 is 0 Å². The molecule has 20 heavy (non-hydrogen) atoms. The third-order valence-corrected chi connectivity index (χ3v) is 2.89. The molecule has 1 saturated heterocycles. The Morgan fingerprint density at radius 1 is 1.40 bits per heavy atom. The Labute approximate surface area is 119 Å². The summed E-state index contributed by atoms with van der Waals surface area (Å²) >= 11 is 0. The van der Waals surface area contributed by atoms with Gasteiger partial charge in [-0.2, -0.15) is 0 Å².